The molecule has 3 rings (SSSR count). The summed E-state index contributed by atoms with van der Waals surface area (Å²) in [6.07, 6.45) is 5.00. The number of hydrogen-bond acceptors (Lipinski definition) is 2. The lowest BCUT2D eigenvalue weighted by molar-refractivity contribution is 0.630. The van der Waals surface area contributed by atoms with Crippen molar-refractivity contribution in [1.82, 2.24) is 0 Å². The van der Waals surface area contributed by atoms with E-state index in [1.807, 2.05) is 12.1 Å². The molecule has 1 aromatic heterocycles. The van der Waals surface area contributed by atoms with Crippen LogP contribution in [0.15, 0.2) is 51.8 Å². The molecule has 114 valence electrons. The van der Waals surface area contributed by atoms with Crippen LogP contribution in [0.4, 0.5) is 0 Å². The van der Waals surface area contributed by atoms with Gasteiger partial charge < -0.3 is 4.42 Å². The maximum Gasteiger partial charge on any atom is 0.135 e. The molecule has 0 saturated carbocycles. The van der Waals surface area contributed by atoms with Gasteiger partial charge in [0, 0.05) is 15.8 Å². The summed E-state index contributed by atoms with van der Waals surface area (Å²) >= 11 is 4.37. The quantitative estimate of drug-likeness (QED) is 0.423. The number of unbranched alkanes of at least 4 members (excludes halogenated alkanes) is 2. The monoisotopic (exact) mass is 310 g/mol. The van der Waals surface area contributed by atoms with Crippen LogP contribution in [0.5, 0.6) is 0 Å². The molecule has 1 nitrogen and oxygen atoms in total. The highest BCUT2D eigenvalue weighted by Gasteiger charge is 2.09. The van der Waals surface area contributed by atoms with Gasteiger partial charge >= 0.3 is 0 Å². The summed E-state index contributed by atoms with van der Waals surface area (Å²) in [7, 11) is 0. The maximum atomic E-state index is 6.01. The Bertz CT molecular complexity index is 786. The highest BCUT2D eigenvalue weighted by Crippen LogP contribution is 2.31. The van der Waals surface area contributed by atoms with E-state index in [2.05, 4.69) is 56.8 Å². The molecule has 2 heteroatoms. The Morgan fingerprint density at radius 1 is 1.00 bits per heavy atom. The third-order valence-corrected chi connectivity index (χ3v) is 4.41. The van der Waals surface area contributed by atoms with Crippen LogP contribution in [0.3, 0.4) is 0 Å². The number of furan rings is 1. The molecule has 2 aromatic carbocycles. The fourth-order valence-corrected chi connectivity index (χ4v) is 3.08. The first kappa shape index (κ1) is 15.2. The highest BCUT2D eigenvalue weighted by atomic mass is 32.1. The van der Waals surface area contributed by atoms with Crippen LogP contribution in [0.25, 0.3) is 22.3 Å². The number of benzene rings is 2. The zero-order valence-electron chi connectivity index (χ0n) is 13.2. The molecule has 1 heterocycles. The second-order valence-corrected chi connectivity index (χ2v) is 6.46. The summed E-state index contributed by atoms with van der Waals surface area (Å²) in [4.78, 5) is 0.927. The molecule has 0 spiro atoms. The largest absolute Gasteiger partial charge is 0.456 e. The molecule has 0 amide bonds. The van der Waals surface area contributed by atoms with Gasteiger partial charge in [-0.1, -0.05) is 38.0 Å². The first-order chi connectivity index (χ1) is 10.7. The molecule has 0 radical (unpaired) electrons. The van der Waals surface area contributed by atoms with Gasteiger partial charge in [-0.3, -0.25) is 0 Å². The molecular formula is C20H22OS. The molecule has 0 unspecified atom stereocenters. The summed E-state index contributed by atoms with van der Waals surface area (Å²) in [5.74, 6) is 0.937. The average Bonchev–Trinajstić information content (AvgIpc) is 2.90. The van der Waals surface area contributed by atoms with Crippen molar-refractivity contribution in [1.29, 1.82) is 0 Å². The minimum atomic E-state index is 0.897. The van der Waals surface area contributed by atoms with Crippen LogP contribution < -0.4 is 0 Å². The van der Waals surface area contributed by atoms with Gasteiger partial charge in [-0.15, -0.1) is 12.6 Å². The second kappa shape index (κ2) is 6.62. The lowest BCUT2D eigenvalue weighted by Crippen LogP contribution is -1.89. The maximum absolute atomic E-state index is 6.01. The number of rotatable bonds is 5. The third kappa shape index (κ3) is 3.22. The van der Waals surface area contributed by atoms with Crippen molar-refractivity contribution < 1.29 is 4.42 Å². The van der Waals surface area contributed by atoms with Gasteiger partial charge in [-0.25, -0.2) is 0 Å². The summed E-state index contributed by atoms with van der Waals surface area (Å²) < 4.78 is 6.01. The van der Waals surface area contributed by atoms with Gasteiger partial charge in [0.15, 0.2) is 0 Å². The molecule has 0 aliphatic heterocycles. The zero-order chi connectivity index (χ0) is 15.5. The molecule has 3 aromatic rings. The molecule has 0 atom stereocenters. The van der Waals surface area contributed by atoms with Gasteiger partial charge in [-0.05, 0) is 55.2 Å². The minimum Gasteiger partial charge on any atom is -0.456 e. The standard InChI is InChI=1S/C20H22OS/c1-3-4-5-6-15-7-10-18(14(2)11-15)20-12-16-8-9-17(22)13-19(16)21-20/h7-13,22H,3-6H2,1-2H3. The van der Waals surface area contributed by atoms with Crippen molar-refractivity contribution in [2.75, 3.05) is 0 Å². The Balaban J connectivity index is 1.89. The smallest absolute Gasteiger partial charge is 0.135 e. The molecule has 22 heavy (non-hydrogen) atoms. The Labute approximate surface area is 137 Å². The van der Waals surface area contributed by atoms with E-state index in [4.69, 9.17) is 4.42 Å². The van der Waals surface area contributed by atoms with Crippen LogP contribution in [0, 0.1) is 6.92 Å². The van der Waals surface area contributed by atoms with Crippen LogP contribution in [0.1, 0.15) is 37.3 Å². The molecule has 0 saturated heterocycles. The zero-order valence-corrected chi connectivity index (χ0v) is 14.1. The summed E-state index contributed by atoms with van der Waals surface area (Å²) in [5.41, 5.74) is 4.77. The van der Waals surface area contributed by atoms with E-state index < -0.39 is 0 Å². The predicted octanol–water partition coefficient (Wildman–Crippen LogP) is 6.43. The normalized spacial score (nSPS) is 11.2. The SMILES string of the molecule is CCCCCc1ccc(-c2cc3ccc(S)cc3o2)c(C)c1. The van der Waals surface area contributed by atoms with Gasteiger partial charge in [0.1, 0.15) is 11.3 Å². The average molecular weight is 310 g/mol. The van der Waals surface area contributed by atoms with Gasteiger partial charge in [-0.2, -0.15) is 0 Å². The fourth-order valence-electron chi connectivity index (χ4n) is 2.89. The van der Waals surface area contributed by atoms with Crippen molar-refractivity contribution in [2.24, 2.45) is 0 Å². The van der Waals surface area contributed by atoms with Crippen LogP contribution in [-0.2, 0) is 6.42 Å². The fraction of sp³-hybridized carbons (Fsp3) is 0.300. The van der Waals surface area contributed by atoms with Gasteiger partial charge in [0.25, 0.3) is 0 Å². The lowest BCUT2D eigenvalue weighted by Gasteiger charge is -2.06. The summed E-state index contributed by atoms with van der Waals surface area (Å²) in [6, 6.07) is 14.8. The lowest BCUT2D eigenvalue weighted by atomic mass is 10.00. The third-order valence-electron chi connectivity index (χ3n) is 4.13. The van der Waals surface area contributed by atoms with E-state index in [1.54, 1.807) is 0 Å². The molecule has 0 N–H and O–H groups in total. The molecule has 0 aliphatic rings. The molecular weight excluding hydrogens is 288 g/mol. The van der Waals surface area contributed by atoms with Crippen molar-refractivity contribution in [3.8, 4) is 11.3 Å². The Kier molecular flexibility index (Phi) is 4.58. The topological polar surface area (TPSA) is 13.1 Å². The van der Waals surface area contributed by atoms with Gasteiger partial charge in [0.05, 0.1) is 0 Å². The Hall–Kier alpha value is -1.67. The van der Waals surface area contributed by atoms with E-state index in [0.717, 1.165) is 28.0 Å². The van der Waals surface area contributed by atoms with E-state index >= 15 is 0 Å². The highest BCUT2D eigenvalue weighted by molar-refractivity contribution is 7.80. The van der Waals surface area contributed by atoms with Crippen LogP contribution in [-0.4, -0.2) is 0 Å². The molecule has 0 aliphatic carbocycles. The number of hydrogen-bond donors (Lipinski definition) is 1. The summed E-state index contributed by atoms with van der Waals surface area (Å²) in [6.45, 7) is 4.40. The minimum absolute atomic E-state index is 0.897. The second-order valence-electron chi connectivity index (χ2n) is 5.94. The molecule has 0 fully saturated rings. The number of fused-ring (bicyclic) bond motifs is 1. The van der Waals surface area contributed by atoms with E-state index in [0.29, 0.717) is 0 Å². The van der Waals surface area contributed by atoms with Gasteiger partial charge in [0.2, 0.25) is 0 Å². The van der Waals surface area contributed by atoms with Crippen molar-refractivity contribution in [3.63, 3.8) is 0 Å². The van der Waals surface area contributed by atoms with E-state index in [-0.39, 0.29) is 0 Å². The Morgan fingerprint density at radius 3 is 2.64 bits per heavy atom. The van der Waals surface area contributed by atoms with Crippen molar-refractivity contribution >= 4 is 23.6 Å². The van der Waals surface area contributed by atoms with Crippen molar-refractivity contribution in [3.05, 3.63) is 53.6 Å². The predicted molar refractivity (Wildman–Crippen MR) is 96.9 cm³/mol. The number of thiol groups is 1. The van der Waals surface area contributed by atoms with E-state index in [9.17, 15) is 0 Å². The Morgan fingerprint density at radius 2 is 1.86 bits per heavy atom. The first-order valence-corrected chi connectivity index (χ1v) is 8.44. The van der Waals surface area contributed by atoms with E-state index in [1.165, 1.54) is 36.0 Å². The number of aryl methyl sites for hydroxylation is 2. The molecule has 0 bridgehead atoms. The van der Waals surface area contributed by atoms with Crippen molar-refractivity contribution in [2.45, 2.75) is 44.4 Å². The first-order valence-electron chi connectivity index (χ1n) is 8.00. The van der Waals surface area contributed by atoms with Crippen LogP contribution >= 0.6 is 12.6 Å². The summed E-state index contributed by atoms with van der Waals surface area (Å²) in [5, 5.41) is 1.12. The van der Waals surface area contributed by atoms with Crippen LogP contribution in [0.2, 0.25) is 0 Å².